The van der Waals surface area contributed by atoms with Crippen molar-refractivity contribution >= 4 is 5.78 Å². The molecule has 0 amide bonds. The average molecular weight is 280 g/mol. The lowest BCUT2D eigenvalue weighted by Gasteiger charge is -2.16. The molecule has 3 N–H and O–H groups in total. The molecule has 0 radical (unpaired) electrons. The second kappa shape index (κ2) is 5.81. The highest BCUT2D eigenvalue weighted by atomic mass is 16.5. The van der Waals surface area contributed by atoms with Gasteiger partial charge in [0.25, 0.3) is 0 Å². The third-order valence-electron chi connectivity index (χ3n) is 3.79. The number of ether oxygens (including phenoxy) is 1. The van der Waals surface area contributed by atoms with Gasteiger partial charge in [0.2, 0.25) is 0 Å². The lowest BCUT2D eigenvalue weighted by atomic mass is 10.00. The first-order valence-electron chi connectivity index (χ1n) is 6.78. The third-order valence-corrected chi connectivity index (χ3v) is 3.79. The highest BCUT2D eigenvalue weighted by Crippen LogP contribution is 2.32. The van der Waals surface area contributed by atoms with Crippen LogP contribution in [0.2, 0.25) is 0 Å². The number of aliphatic hydroxyl groups is 1. The maximum atomic E-state index is 12.2. The van der Waals surface area contributed by atoms with Crippen LogP contribution in [-0.2, 0) is 4.74 Å². The monoisotopic (exact) mass is 280 g/mol. The van der Waals surface area contributed by atoms with Gasteiger partial charge in [0, 0.05) is 12.0 Å². The number of rotatable bonds is 4. The van der Waals surface area contributed by atoms with Gasteiger partial charge < -0.3 is 20.1 Å². The predicted octanol–water partition coefficient (Wildman–Crippen LogP) is 1.91. The number of aromatic hydroxyl groups is 2. The van der Waals surface area contributed by atoms with E-state index in [1.54, 1.807) is 13.8 Å². The van der Waals surface area contributed by atoms with Gasteiger partial charge >= 0.3 is 0 Å². The summed E-state index contributed by atoms with van der Waals surface area (Å²) >= 11 is 0. The number of Topliss-reactive ketones (excluding diaryl/α,β-unsaturated/α-hetero) is 1. The smallest absolute Gasteiger partial charge is 0.169 e. The standard InChI is InChI=1S/C15H20O5/c1-8-12(17)5-4-11(15(8)19)13(18)7-10-3-6-14(20-10)9(2)16/h4-5,9-10,14,16-17,19H,3,6-7H2,1-2H3/t9-,10-,14-/m0/s1. The van der Waals surface area contributed by atoms with Gasteiger partial charge in [-0.15, -0.1) is 0 Å². The fraction of sp³-hybridized carbons (Fsp3) is 0.533. The number of hydrogen-bond acceptors (Lipinski definition) is 5. The molecule has 0 saturated carbocycles. The molecule has 1 aromatic rings. The fourth-order valence-electron chi connectivity index (χ4n) is 2.47. The van der Waals surface area contributed by atoms with E-state index in [4.69, 9.17) is 4.74 Å². The Labute approximate surface area is 117 Å². The van der Waals surface area contributed by atoms with Crippen LogP contribution in [-0.4, -0.2) is 39.4 Å². The van der Waals surface area contributed by atoms with Crippen LogP contribution in [0.25, 0.3) is 0 Å². The molecule has 0 aromatic heterocycles. The van der Waals surface area contributed by atoms with Crippen molar-refractivity contribution in [2.75, 3.05) is 0 Å². The normalized spacial score (nSPS) is 23.8. The summed E-state index contributed by atoms with van der Waals surface area (Å²) in [4.78, 5) is 12.2. The molecule has 0 bridgehead atoms. The molecule has 1 aliphatic heterocycles. The maximum absolute atomic E-state index is 12.2. The van der Waals surface area contributed by atoms with E-state index in [0.29, 0.717) is 5.56 Å². The molecule has 1 aliphatic rings. The number of benzene rings is 1. The number of carbonyl (C=O) groups excluding carboxylic acids is 1. The van der Waals surface area contributed by atoms with Crippen molar-refractivity contribution in [1.29, 1.82) is 0 Å². The first kappa shape index (κ1) is 14.8. The third kappa shape index (κ3) is 2.94. The van der Waals surface area contributed by atoms with E-state index in [9.17, 15) is 20.1 Å². The summed E-state index contributed by atoms with van der Waals surface area (Å²) in [5.41, 5.74) is 0.495. The molecular formula is C15H20O5. The van der Waals surface area contributed by atoms with Crippen LogP contribution in [0.3, 0.4) is 0 Å². The van der Waals surface area contributed by atoms with E-state index < -0.39 is 6.10 Å². The Balaban J connectivity index is 2.05. The molecule has 0 spiro atoms. The fourth-order valence-corrected chi connectivity index (χ4v) is 2.47. The van der Waals surface area contributed by atoms with Gasteiger partial charge in [-0.25, -0.2) is 0 Å². The quantitative estimate of drug-likeness (QED) is 0.733. The first-order valence-corrected chi connectivity index (χ1v) is 6.78. The highest BCUT2D eigenvalue weighted by Gasteiger charge is 2.30. The van der Waals surface area contributed by atoms with Crippen molar-refractivity contribution < 1.29 is 24.9 Å². The molecule has 1 saturated heterocycles. The zero-order chi connectivity index (χ0) is 14.9. The SMILES string of the molecule is Cc1c(O)ccc(C(=O)C[C@@H]2CC[C@@H]([C@H](C)O)O2)c1O. The number of carbonyl (C=O) groups is 1. The minimum absolute atomic E-state index is 0.0367. The molecule has 1 fully saturated rings. The van der Waals surface area contributed by atoms with Crippen LogP contribution in [0.5, 0.6) is 11.5 Å². The van der Waals surface area contributed by atoms with Gasteiger partial charge in [-0.3, -0.25) is 4.79 Å². The summed E-state index contributed by atoms with van der Waals surface area (Å²) in [6.45, 7) is 3.22. The van der Waals surface area contributed by atoms with E-state index in [-0.39, 0.29) is 41.5 Å². The Morgan fingerprint density at radius 2 is 2.10 bits per heavy atom. The summed E-state index contributed by atoms with van der Waals surface area (Å²) in [6.07, 6.45) is 0.633. The summed E-state index contributed by atoms with van der Waals surface area (Å²) in [5.74, 6) is -0.438. The van der Waals surface area contributed by atoms with Crippen LogP contribution in [0.4, 0.5) is 0 Å². The summed E-state index contributed by atoms with van der Waals surface area (Å²) in [7, 11) is 0. The van der Waals surface area contributed by atoms with E-state index >= 15 is 0 Å². The number of phenols is 2. The maximum Gasteiger partial charge on any atom is 0.169 e. The van der Waals surface area contributed by atoms with Crippen LogP contribution in [0.1, 0.15) is 42.1 Å². The number of aliphatic hydroxyl groups excluding tert-OH is 1. The Kier molecular flexibility index (Phi) is 4.30. The van der Waals surface area contributed by atoms with Gasteiger partial charge in [-0.2, -0.15) is 0 Å². The van der Waals surface area contributed by atoms with Crippen molar-refractivity contribution in [3.05, 3.63) is 23.3 Å². The minimum Gasteiger partial charge on any atom is -0.508 e. The molecular weight excluding hydrogens is 260 g/mol. The predicted molar refractivity (Wildman–Crippen MR) is 73.0 cm³/mol. The Morgan fingerprint density at radius 3 is 2.70 bits per heavy atom. The van der Waals surface area contributed by atoms with Crippen LogP contribution >= 0.6 is 0 Å². The summed E-state index contributed by atoms with van der Waals surface area (Å²) < 4.78 is 5.61. The van der Waals surface area contributed by atoms with Gasteiger partial charge in [0.1, 0.15) is 11.5 Å². The largest absolute Gasteiger partial charge is 0.508 e. The van der Waals surface area contributed by atoms with Gasteiger partial charge in [-0.1, -0.05) is 0 Å². The second-order valence-corrected chi connectivity index (χ2v) is 5.35. The van der Waals surface area contributed by atoms with Crippen molar-refractivity contribution in [2.24, 2.45) is 0 Å². The van der Waals surface area contributed by atoms with Crippen molar-refractivity contribution in [2.45, 2.75) is 51.4 Å². The lowest BCUT2D eigenvalue weighted by Crippen LogP contribution is -2.24. The van der Waals surface area contributed by atoms with E-state index in [2.05, 4.69) is 0 Å². The molecule has 0 aliphatic carbocycles. The molecule has 0 unspecified atom stereocenters. The Hall–Kier alpha value is -1.59. The van der Waals surface area contributed by atoms with Crippen molar-refractivity contribution in [3.63, 3.8) is 0 Å². The van der Waals surface area contributed by atoms with Crippen molar-refractivity contribution in [1.82, 2.24) is 0 Å². The van der Waals surface area contributed by atoms with E-state index in [0.717, 1.165) is 12.8 Å². The van der Waals surface area contributed by atoms with E-state index in [1.807, 2.05) is 0 Å². The highest BCUT2D eigenvalue weighted by molar-refractivity contribution is 5.99. The lowest BCUT2D eigenvalue weighted by molar-refractivity contribution is -0.0265. The molecule has 5 heteroatoms. The molecule has 2 rings (SSSR count). The number of ketones is 1. The Morgan fingerprint density at radius 1 is 1.40 bits per heavy atom. The van der Waals surface area contributed by atoms with Crippen molar-refractivity contribution in [3.8, 4) is 11.5 Å². The van der Waals surface area contributed by atoms with Gasteiger partial charge in [0.15, 0.2) is 5.78 Å². The van der Waals surface area contributed by atoms with Gasteiger partial charge in [0.05, 0.1) is 23.9 Å². The average Bonchev–Trinajstić information content (AvgIpc) is 2.84. The summed E-state index contributed by atoms with van der Waals surface area (Å²) in [5, 5.41) is 28.8. The number of phenolic OH excluding ortho intramolecular Hbond substituents is 2. The zero-order valence-electron chi connectivity index (χ0n) is 11.7. The molecule has 1 aromatic carbocycles. The molecule has 1 heterocycles. The second-order valence-electron chi connectivity index (χ2n) is 5.35. The van der Waals surface area contributed by atoms with Crippen LogP contribution in [0.15, 0.2) is 12.1 Å². The summed E-state index contributed by atoms with van der Waals surface area (Å²) in [6, 6.07) is 2.82. The van der Waals surface area contributed by atoms with E-state index in [1.165, 1.54) is 12.1 Å². The zero-order valence-corrected chi connectivity index (χ0v) is 11.7. The van der Waals surface area contributed by atoms with Crippen LogP contribution < -0.4 is 0 Å². The first-order chi connectivity index (χ1) is 9.40. The topological polar surface area (TPSA) is 87.0 Å². The minimum atomic E-state index is -0.542. The molecule has 5 nitrogen and oxygen atoms in total. The molecule has 20 heavy (non-hydrogen) atoms. The molecule has 110 valence electrons. The molecule has 3 atom stereocenters. The van der Waals surface area contributed by atoms with Gasteiger partial charge in [-0.05, 0) is 38.8 Å². The number of hydrogen-bond donors (Lipinski definition) is 3. The Bertz CT molecular complexity index is 509. The van der Waals surface area contributed by atoms with Crippen LogP contribution in [0, 0.1) is 6.92 Å².